The van der Waals surface area contributed by atoms with Crippen LogP contribution in [0.25, 0.3) is 11.0 Å². The molecule has 3 aromatic rings. The number of amides is 2. The van der Waals surface area contributed by atoms with Gasteiger partial charge in [-0.25, -0.2) is 0 Å². The van der Waals surface area contributed by atoms with Gasteiger partial charge in [-0.05, 0) is 36.2 Å². The van der Waals surface area contributed by atoms with Crippen LogP contribution in [-0.2, 0) is 22.6 Å². The summed E-state index contributed by atoms with van der Waals surface area (Å²) in [5, 5.41) is 10.6. The van der Waals surface area contributed by atoms with Gasteiger partial charge in [0.2, 0.25) is 11.8 Å². The first-order chi connectivity index (χ1) is 13.1. The Balaban J connectivity index is 1.57. The van der Waals surface area contributed by atoms with Crippen molar-refractivity contribution in [2.75, 3.05) is 5.32 Å². The highest BCUT2D eigenvalue weighted by molar-refractivity contribution is 5.92. The van der Waals surface area contributed by atoms with Gasteiger partial charge >= 0.3 is 0 Å². The summed E-state index contributed by atoms with van der Waals surface area (Å²) in [4.78, 5) is 24.3. The lowest BCUT2D eigenvalue weighted by Crippen LogP contribution is -2.25. The quantitative estimate of drug-likeness (QED) is 0.669. The summed E-state index contributed by atoms with van der Waals surface area (Å²) in [6.07, 6.45) is 0.944. The van der Waals surface area contributed by atoms with E-state index in [2.05, 4.69) is 15.8 Å². The van der Waals surface area contributed by atoms with Gasteiger partial charge in [-0.3, -0.25) is 9.59 Å². The topological polar surface area (TPSA) is 84.2 Å². The third kappa shape index (κ3) is 4.73. The second-order valence-electron chi connectivity index (χ2n) is 6.58. The fraction of sp³-hybridized carbons (Fsp3) is 0.286. The minimum Gasteiger partial charge on any atom is -0.356 e. The molecule has 3 rings (SSSR count). The molecule has 0 aliphatic heterocycles. The molecular formula is C21H23N3O3. The number of rotatable bonds is 7. The maximum absolute atomic E-state index is 12.3. The van der Waals surface area contributed by atoms with E-state index in [1.54, 1.807) is 0 Å². The summed E-state index contributed by atoms with van der Waals surface area (Å²) in [6, 6.07) is 14.9. The van der Waals surface area contributed by atoms with Crippen molar-refractivity contribution < 1.29 is 14.1 Å². The fourth-order valence-corrected chi connectivity index (χ4v) is 2.69. The molecule has 1 unspecified atom stereocenters. The third-order valence-electron chi connectivity index (χ3n) is 4.52. The Labute approximate surface area is 157 Å². The largest absolute Gasteiger partial charge is 0.356 e. The van der Waals surface area contributed by atoms with Crippen molar-refractivity contribution in [3.8, 4) is 0 Å². The number of nitrogens with one attached hydrogen (secondary N) is 2. The van der Waals surface area contributed by atoms with Crippen molar-refractivity contribution in [3.05, 3.63) is 59.8 Å². The Bertz CT molecular complexity index is 949. The lowest BCUT2D eigenvalue weighted by atomic mass is 10.1. The zero-order valence-corrected chi connectivity index (χ0v) is 15.5. The van der Waals surface area contributed by atoms with Crippen LogP contribution in [0.2, 0.25) is 0 Å². The molecule has 0 saturated heterocycles. The SMILES string of the molecule is CCC(C)C(=O)Nc1cccc(CNC(=O)Cc2noc3ccccc23)c1. The molecule has 6 nitrogen and oxygen atoms in total. The Morgan fingerprint density at radius 1 is 1.15 bits per heavy atom. The number of carbonyl (C=O) groups excluding carboxylic acids is 2. The molecule has 0 spiro atoms. The molecule has 27 heavy (non-hydrogen) atoms. The number of hydrogen-bond donors (Lipinski definition) is 2. The lowest BCUT2D eigenvalue weighted by molar-refractivity contribution is -0.121. The van der Waals surface area contributed by atoms with Crippen molar-refractivity contribution >= 4 is 28.5 Å². The Kier molecular flexibility index (Phi) is 5.86. The zero-order chi connectivity index (χ0) is 19.2. The lowest BCUT2D eigenvalue weighted by Gasteiger charge is -2.11. The Hall–Kier alpha value is -3.15. The Morgan fingerprint density at radius 2 is 1.96 bits per heavy atom. The number of benzene rings is 2. The summed E-state index contributed by atoms with van der Waals surface area (Å²) in [5.74, 6) is -0.176. The van der Waals surface area contributed by atoms with Crippen molar-refractivity contribution in [3.63, 3.8) is 0 Å². The van der Waals surface area contributed by atoms with Gasteiger partial charge < -0.3 is 15.2 Å². The highest BCUT2D eigenvalue weighted by atomic mass is 16.5. The van der Waals surface area contributed by atoms with E-state index < -0.39 is 0 Å². The van der Waals surface area contributed by atoms with Crippen LogP contribution < -0.4 is 10.6 Å². The van der Waals surface area contributed by atoms with Crippen molar-refractivity contribution in [2.24, 2.45) is 5.92 Å². The summed E-state index contributed by atoms with van der Waals surface area (Å²) in [5.41, 5.74) is 2.94. The molecule has 2 N–H and O–H groups in total. The van der Waals surface area contributed by atoms with Gasteiger partial charge in [0.05, 0.1) is 6.42 Å². The molecule has 0 bridgehead atoms. The first kappa shape index (κ1) is 18.6. The van der Waals surface area contributed by atoms with Crippen LogP contribution in [0, 0.1) is 5.92 Å². The van der Waals surface area contributed by atoms with Crippen LogP contribution in [-0.4, -0.2) is 17.0 Å². The standard InChI is InChI=1S/C21H23N3O3/c1-3-14(2)21(26)23-16-8-6-7-15(11-16)13-22-20(25)12-18-17-9-4-5-10-19(17)27-24-18/h4-11,14H,3,12-13H2,1-2H3,(H,22,25)(H,23,26). The van der Waals surface area contributed by atoms with Crippen LogP contribution in [0.5, 0.6) is 0 Å². The molecule has 1 aromatic heterocycles. The van der Waals surface area contributed by atoms with Gasteiger partial charge in [-0.15, -0.1) is 0 Å². The number of nitrogens with zero attached hydrogens (tertiary/aromatic N) is 1. The average molecular weight is 365 g/mol. The average Bonchev–Trinajstić information content (AvgIpc) is 3.09. The molecule has 1 heterocycles. The van der Waals surface area contributed by atoms with Gasteiger partial charge in [0.25, 0.3) is 0 Å². The fourth-order valence-electron chi connectivity index (χ4n) is 2.69. The van der Waals surface area contributed by atoms with Crippen molar-refractivity contribution in [2.45, 2.75) is 33.2 Å². The second-order valence-corrected chi connectivity index (χ2v) is 6.58. The summed E-state index contributed by atoms with van der Waals surface area (Å²) < 4.78 is 5.22. The van der Waals surface area contributed by atoms with Crippen LogP contribution in [0.15, 0.2) is 53.1 Å². The van der Waals surface area contributed by atoms with Gasteiger partial charge in [0.1, 0.15) is 5.69 Å². The first-order valence-corrected chi connectivity index (χ1v) is 9.06. The maximum Gasteiger partial charge on any atom is 0.227 e. The smallest absolute Gasteiger partial charge is 0.227 e. The molecule has 0 aliphatic carbocycles. The zero-order valence-electron chi connectivity index (χ0n) is 15.5. The molecule has 2 aromatic carbocycles. The summed E-state index contributed by atoms with van der Waals surface area (Å²) >= 11 is 0. The predicted molar refractivity (Wildman–Crippen MR) is 104 cm³/mol. The number of para-hydroxylation sites is 1. The normalized spacial score (nSPS) is 11.9. The maximum atomic E-state index is 12.3. The van der Waals surface area contributed by atoms with E-state index in [1.165, 1.54) is 0 Å². The number of carbonyl (C=O) groups is 2. The summed E-state index contributed by atoms with van der Waals surface area (Å²) in [6.45, 7) is 4.25. The molecular weight excluding hydrogens is 342 g/mol. The van der Waals surface area contributed by atoms with Crippen LogP contribution in [0.1, 0.15) is 31.5 Å². The minimum atomic E-state index is -0.136. The van der Waals surface area contributed by atoms with Crippen LogP contribution in [0.4, 0.5) is 5.69 Å². The highest BCUT2D eigenvalue weighted by Crippen LogP contribution is 2.18. The van der Waals surface area contributed by atoms with E-state index in [1.807, 2.05) is 62.4 Å². The van der Waals surface area contributed by atoms with E-state index in [0.717, 1.165) is 23.1 Å². The van der Waals surface area contributed by atoms with E-state index in [4.69, 9.17) is 4.52 Å². The van der Waals surface area contributed by atoms with E-state index in [9.17, 15) is 9.59 Å². The van der Waals surface area contributed by atoms with Crippen LogP contribution in [0.3, 0.4) is 0 Å². The summed E-state index contributed by atoms with van der Waals surface area (Å²) in [7, 11) is 0. The predicted octanol–water partition coefficient (Wildman–Crippen LogP) is 3.67. The molecule has 0 radical (unpaired) electrons. The van der Waals surface area contributed by atoms with Crippen molar-refractivity contribution in [1.82, 2.24) is 10.5 Å². The third-order valence-corrected chi connectivity index (χ3v) is 4.52. The van der Waals surface area contributed by atoms with Crippen LogP contribution >= 0.6 is 0 Å². The number of fused-ring (bicyclic) bond motifs is 1. The van der Waals surface area contributed by atoms with Gasteiger partial charge in [-0.2, -0.15) is 0 Å². The minimum absolute atomic E-state index is 0.00315. The monoisotopic (exact) mass is 365 g/mol. The second kappa shape index (κ2) is 8.49. The van der Waals surface area contributed by atoms with Gasteiger partial charge in [0, 0.05) is 23.5 Å². The molecule has 0 fully saturated rings. The first-order valence-electron chi connectivity index (χ1n) is 9.06. The molecule has 140 valence electrons. The van der Waals surface area contributed by atoms with E-state index in [-0.39, 0.29) is 24.2 Å². The van der Waals surface area contributed by atoms with Gasteiger partial charge in [-0.1, -0.05) is 43.3 Å². The Morgan fingerprint density at radius 3 is 2.78 bits per heavy atom. The van der Waals surface area contributed by atoms with Crippen molar-refractivity contribution in [1.29, 1.82) is 0 Å². The number of anilines is 1. The molecule has 1 atom stereocenters. The highest BCUT2D eigenvalue weighted by Gasteiger charge is 2.13. The number of aromatic nitrogens is 1. The van der Waals surface area contributed by atoms with Gasteiger partial charge in [0.15, 0.2) is 5.58 Å². The van der Waals surface area contributed by atoms with E-state index >= 15 is 0 Å². The molecule has 0 saturated carbocycles. The number of hydrogen-bond acceptors (Lipinski definition) is 4. The van der Waals surface area contributed by atoms with E-state index in [0.29, 0.717) is 17.8 Å². The molecule has 2 amide bonds. The molecule has 0 aliphatic rings. The molecule has 6 heteroatoms.